The van der Waals surface area contributed by atoms with E-state index >= 15 is 0 Å². The number of carbonyl (C=O) groups is 2. The number of aromatic nitrogens is 2. The second-order valence-corrected chi connectivity index (χ2v) is 5.54. The summed E-state index contributed by atoms with van der Waals surface area (Å²) >= 11 is 0. The molecule has 1 fully saturated rings. The van der Waals surface area contributed by atoms with Gasteiger partial charge in [-0.25, -0.2) is 4.79 Å². The summed E-state index contributed by atoms with van der Waals surface area (Å²) in [6, 6.07) is 7.52. The van der Waals surface area contributed by atoms with Crippen LogP contribution in [-0.2, 0) is 16.0 Å². The summed E-state index contributed by atoms with van der Waals surface area (Å²) in [5.74, 6) is -1.23. The van der Waals surface area contributed by atoms with Crippen LogP contribution in [0.1, 0.15) is 31.4 Å². The number of amides is 1. The first kappa shape index (κ1) is 13.6. The number of nitrogens with zero attached hydrogens (tertiary/aromatic N) is 1. The summed E-state index contributed by atoms with van der Waals surface area (Å²) < 4.78 is 0. The molecule has 0 spiro atoms. The molecule has 1 heterocycles. The molecule has 1 aromatic carbocycles. The minimum Gasteiger partial charge on any atom is -0.480 e. The molecule has 1 aliphatic rings. The monoisotopic (exact) mass is 287 g/mol. The van der Waals surface area contributed by atoms with Crippen molar-refractivity contribution in [3.05, 3.63) is 30.0 Å². The van der Waals surface area contributed by atoms with Gasteiger partial charge in [-0.1, -0.05) is 31.0 Å². The third kappa shape index (κ3) is 2.49. The van der Waals surface area contributed by atoms with Gasteiger partial charge in [0, 0.05) is 5.39 Å². The van der Waals surface area contributed by atoms with Gasteiger partial charge in [-0.15, -0.1) is 0 Å². The number of carboxylic acid groups (broad SMARTS) is 1. The maximum Gasteiger partial charge on any atom is 0.329 e. The van der Waals surface area contributed by atoms with E-state index in [0.29, 0.717) is 18.5 Å². The molecule has 1 aromatic heterocycles. The van der Waals surface area contributed by atoms with Crippen LogP contribution in [0.5, 0.6) is 0 Å². The number of fused-ring (bicyclic) bond motifs is 1. The maximum absolute atomic E-state index is 12.2. The molecule has 0 bridgehead atoms. The van der Waals surface area contributed by atoms with Gasteiger partial charge in [0.05, 0.1) is 17.6 Å². The topological polar surface area (TPSA) is 95.1 Å². The fourth-order valence-corrected chi connectivity index (χ4v) is 2.99. The lowest BCUT2D eigenvalue weighted by Gasteiger charge is -2.25. The van der Waals surface area contributed by atoms with Crippen molar-refractivity contribution in [3.8, 4) is 0 Å². The largest absolute Gasteiger partial charge is 0.480 e. The molecule has 6 heteroatoms. The van der Waals surface area contributed by atoms with Crippen LogP contribution in [0.3, 0.4) is 0 Å². The first-order chi connectivity index (χ1) is 10.1. The first-order valence-corrected chi connectivity index (χ1v) is 7.07. The summed E-state index contributed by atoms with van der Waals surface area (Å²) in [7, 11) is 0. The number of hydrogen-bond acceptors (Lipinski definition) is 3. The van der Waals surface area contributed by atoms with Crippen molar-refractivity contribution in [2.75, 3.05) is 0 Å². The third-order valence-electron chi connectivity index (χ3n) is 4.12. The molecule has 0 atom stereocenters. The average Bonchev–Trinajstić information content (AvgIpc) is 3.08. The number of aromatic amines is 1. The van der Waals surface area contributed by atoms with Crippen molar-refractivity contribution in [1.82, 2.24) is 15.5 Å². The summed E-state index contributed by atoms with van der Waals surface area (Å²) in [6.07, 6.45) is 2.77. The number of benzene rings is 1. The van der Waals surface area contributed by atoms with Crippen molar-refractivity contribution < 1.29 is 14.7 Å². The van der Waals surface area contributed by atoms with Gasteiger partial charge >= 0.3 is 5.97 Å². The van der Waals surface area contributed by atoms with Crippen LogP contribution in [0.2, 0.25) is 0 Å². The van der Waals surface area contributed by atoms with Crippen LogP contribution in [0.25, 0.3) is 10.9 Å². The Morgan fingerprint density at radius 3 is 2.71 bits per heavy atom. The van der Waals surface area contributed by atoms with E-state index in [1.807, 2.05) is 24.3 Å². The Kier molecular flexibility index (Phi) is 3.37. The molecule has 110 valence electrons. The zero-order valence-electron chi connectivity index (χ0n) is 11.6. The molecule has 1 saturated carbocycles. The van der Waals surface area contributed by atoms with Gasteiger partial charge in [0.15, 0.2) is 0 Å². The number of para-hydroxylation sites is 1. The van der Waals surface area contributed by atoms with Gasteiger partial charge < -0.3 is 10.4 Å². The highest BCUT2D eigenvalue weighted by Gasteiger charge is 2.42. The molecular weight excluding hydrogens is 270 g/mol. The quantitative estimate of drug-likeness (QED) is 0.796. The smallest absolute Gasteiger partial charge is 0.329 e. The van der Waals surface area contributed by atoms with Gasteiger partial charge in [0.1, 0.15) is 5.54 Å². The molecule has 21 heavy (non-hydrogen) atoms. The molecule has 6 nitrogen and oxygen atoms in total. The van der Waals surface area contributed by atoms with E-state index < -0.39 is 11.5 Å². The molecular formula is C15H17N3O3. The summed E-state index contributed by atoms with van der Waals surface area (Å²) in [6.45, 7) is 0. The predicted molar refractivity (Wildman–Crippen MR) is 76.8 cm³/mol. The number of hydrogen-bond donors (Lipinski definition) is 3. The van der Waals surface area contributed by atoms with Gasteiger partial charge in [-0.3, -0.25) is 9.89 Å². The first-order valence-electron chi connectivity index (χ1n) is 7.07. The molecule has 2 aromatic rings. The van der Waals surface area contributed by atoms with Crippen molar-refractivity contribution >= 4 is 22.8 Å². The number of H-pyrrole nitrogens is 1. The van der Waals surface area contributed by atoms with Gasteiger partial charge in [0.2, 0.25) is 5.91 Å². The van der Waals surface area contributed by atoms with Crippen LogP contribution in [0, 0.1) is 0 Å². The second-order valence-electron chi connectivity index (χ2n) is 5.54. The minimum atomic E-state index is -1.09. The highest BCUT2D eigenvalue weighted by molar-refractivity contribution is 5.91. The van der Waals surface area contributed by atoms with Gasteiger partial charge in [-0.05, 0) is 18.9 Å². The zero-order valence-corrected chi connectivity index (χ0v) is 11.6. The normalized spacial score (nSPS) is 17.0. The predicted octanol–water partition coefficient (Wildman–Crippen LogP) is 1.62. The molecule has 1 amide bonds. The van der Waals surface area contributed by atoms with E-state index in [1.54, 1.807) is 0 Å². The van der Waals surface area contributed by atoms with E-state index in [4.69, 9.17) is 0 Å². The van der Waals surface area contributed by atoms with Crippen LogP contribution < -0.4 is 5.32 Å². The molecule has 3 rings (SSSR count). The average molecular weight is 287 g/mol. The Morgan fingerprint density at radius 1 is 1.29 bits per heavy atom. The fraction of sp³-hybridized carbons (Fsp3) is 0.400. The Hall–Kier alpha value is -2.37. The van der Waals surface area contributed by atoms with E-state index in [0.717, 1.165) is 23.7 Å². The molecule has 0 saturated heterocycles. The third-order valence-corrected chi connectivity index (χ3v) is 4.12. The Balaban J connectivity index is 1.76. The number of carbonyl (C=O) groups excluding carboxylic acids is 1. The molecule has 0 aliphatic heterocycles. The van der Waals surface area contributed by atoms with Crippen molar-refractivity contribution in [2.24, 2.45) is 0 Å². The number of carboxylic acids is 1. The van der Waals surface area contributed by atoms with Crippen LogP contribution >= 0.6 is 0 Å². The van der Waals surface area contributed by atoms with Crippen molar-refractivity contribution in [2.45, 2.75) is 37.6 Å². The Bertz CT molecular complexity index is 686. The summed E-state index contributed by atoms with van der Waals surface area (Å²) in [5, 5.41) is 20.0. The zero-order chi connectivity index (χ0) is 14.9. The van der Waals surface area contributed by atoms with E-state index in [9.17, 15) is 14.7 Å². The van der Waals surface area contributed by atoms with E-state index in [-0.39, 0.29) is 12.3 Å². The van der Waals surface area contributed by atoms with Gasteiger partial charge in [-0.2, -0.15) is 5.10 Å². The lowest BCUT2D eigenvalue weighted by Crippen LogP contribution is -2.53. The maximum atomic E-state index is 12.2. The van der Waals surface area contributed by atoms with Crippen molar-refractivity contribution in [1.29, 1.82) is 0 Å². The lowest BCUT2D eigenvalue weighted by molar-refractivity contribution is -0.147. The van der Waals surface area contributed by atoms with Crippen molar-refractivity contribution in [3.63, 3.8) is 0 Å². The summed E-state index contributed by atoms with van der Waals surface area (Å²) in [4.78, 5) is 23.6. The van der Waals surface area contributed by atoms with Crippen LogP contribution in [-0.4, -0.2) is 32.7 Å². The van der Waals surface area contributed by atoms with Crippen LogP contribution in [0.15, 0.2) is 24.3 Å². The molecule has 0 unspecified atom stereocenters. The Morgan fingerprint density at radius 2 is 2.00 bits per heavy atom. The molecule has 0 radical (unpaired) electrons. The molecule has 1 aliphatic carbocycles. The standard InChI is InChI=1S/C15H17N3O3/c19-13(16-15(14(20)21)7-3-4-8-15)9-12-10-5-1-2-6-11(10)17-18-12/h1-2,5-6H,3-4,7-9H2,(H,16,19)(H,17,18)(H,20,21). The van der Waals surface area contributed by atoms with Gasteiger partial charge in [0.25, 0.3) is 0 Å². The highest BCUT2D eigenvalue weighted by atomic mass is 16.4. The number of aliphatic carboxylic acids is 1. The number of nitrogens with one attached hydrogen (secondary N) is 2. The van der Waals surface area contributed by atoms with E-state index in [2.05, 4.69) is 15.5 Å². The van der Waals surface area contributed by atoms with E-state index in [1.165, 1.54) is 0 Å². The second kappa shape index (κ2) is 5.20. The van der Waals surface area contributed by atoms with Crippen LogP contribution in [0.4, 0.5) is 0 Å². The lowest BCUT2D eigenvalue weighted by atomic mass is 9.97. The summed E-state index contributed by atoms with van der Waals surface area (Å²) in [5.41, 5.74) is 0.420. The molecule has 3 N–H and O–H groups in total. The minimum absolute atomic E-state index is 0.107. The Labute approximate surface area is 121 Å². The SMILES string of the molecule is O=C(Cc1[nH]nc2ccccc12)NC1(C(=O)O)CCCC1. The number of rotatable bonds is 4. The fourth-order valence-electron chi connectivity index (χ4n) is 2.99. The highest BCUT2D eigenvalue weighted by Crippen LogP contribution is 2.30.